The van der Waals surface area contributed by atoms with Crippen molar-refractivity contribution >= 4 is 0 Å². The number of alkyl halides is 3. The van der Waals surface area contributed by atoms with Crippen LogP contribution in [0.25, 0.3) is 0 Å². The number of hydrogen-bond acceptors (Lipinski definition) is 0. The first-order chi connectivity index (χ1) is 3.98. The van der Waals surface area contributed by atoms with E-state index in [-0.39, 0.29) is 0 Å². The van der Waals surface area contributed by atoms with Gasteiger partial charge in [0, 0.05) is 5.57 Å². The van der Waals surface area contributed by atoms with Gasteiger partial charge in [0.1, 0.15) is 0 Å². The zero-order valence-electron chi connectivity index (χ0n) is 5.00. The van der Waals surface area contributed by atoms with Gasteiger partial charge in [-0.25, -0.2) is 0 Å². The predicted molar refractivity (Wildman–Crippen MR) is 30.0 cm³/mol. The van der Waals surface area contributed by atoms with E-state index in [4.69, 9.17) is 0 Å². The molecule has 9 heavy (non-hydrogen) atoms. The lowest BCUT2D eigenvalue weighted by molar-refractivity contribution is -0.0878. The van der Waals surface area contributed by atoms with Crippen LogP contribution in [0.15, 0.2) is 24.3 Å². The van der Waals surface area contributed by atoms with Crippen LogP contribution < -0.4 is 0 Å². The summed E-state index contributed by atoms with van der Waals surface area (Å²) in [5, 5.41) is 0. The van der Waals surface area contributed by atoms with E-state index in [2.05, 4.69) is 6.58 Å². The lowest BCUT2D eigenvalue weighted by Crippen LogP contribution is -2.07. The first kappa shape index (κ1) is 8.27. The lowest BCUT2D eigenvalue weighted by atomic mass is 10.3. The molecule has 0 radical (unpaired) electrons. The van der Waals surface area contributed by atoms with Crippen molar-refractivity contribution in [3.05, 3.63) is 24.3 Å². The molecule has 0 spiro atoms. The molecule has 52 valence electrons. The first-order valence-corrected chi connectivity index (χ1v) is 2.37. The van der Waals surface area contributed by atoms with Gasteiger partial charge in [0.15, 0.2) is 0 Å². The molecule has 0 rings (SSSR count). The summed E-state index contributed by atoms with van der Waals surface area (Å²) in [5.74, 6) is 0. The summed E-state index contributed by atoms with van der Waals surface area (Å²) in [6.07, 6.45) is -2.04. The molecule has 0 fully saturated rings. The van der Waals surface area contributed by atoms with Crippen LogP contribution in [0.3, 0.4) is 0 Å². The van der Waals surface area contributed by atoms with Crippen molar-refractivity contribution < 1.29 is 13.2 Å². The molecule has 0 aliphatic carbocycles. The summed E-state index contributed by atoms with van der Waals surface area (Å²) in [7, 11) is 0. The lowest BCUT2D eigenvalue weighted by Gasteiger charge is -2.03. The Balaban J connectivity index is 4.06. The molecular weight excluding hydrogens is 129 g/mol. The van der Waals surface area contributed by atoms with Gasteiger partial charge in [-0.3, -0.25) is 0 Å². The molecule has 0 nitrogen and oxygen atoms in total. The fraction of sp³-hybridized carbons (Fsp3) is 0.333. The van der Waals surface area contributed by atoms with E-state index in [1.807, 2.05) is 0 Å². The van der Waals surface area contributed by atoms with Gasteiger partial charge in [0.05, 0.1) is 0 Å². The standard InChI is InChI=1S/C6H7F3/c1-3-4-5(2)6(7,8)9/h3-4H,2H2,1H3/b4-3+. The largest absolute Gasteiger partial charge is 0.415 e. The van der Waals surface area contributed by atoms with Crippen molar-refractivity contribution in [1.82, 2.24) is 0 Å². The van der Waals surface area contributed by atoms with E-state index in [1.54, 1.807) is 0 Å². The minimum Gasteiger partial charge on any atom is -0.166 e. The smallest absolute Gasteiger partial charge is 0.166 e. The topological polar surface area (TPSA) is 0 Å². The molecule has 0 unspecified atom stereocenters. The third-order valence-corrected chi connectivity index (χ3v) is 0.732. The Labute approximate surface area is 51.7 Å². The second-order valence-electron chi connectivity index (χ2n) is 1.52. The highest BCUT2D eigenvalue weighted by Crippen LogP contribution is 2.24. The average Bonchev–Trinajstić information content (AvgIpc) is 1.64. The van der Waals surface area contributed by atoms with Crippen LogP contribution in [-0.2, 0) is 0 Å². The third-order valence-electron chi connectivity index (χ3n) is 0.732. The van der Waals surface area contributed by atoms with Gasteiger partial charge < -0.3 is 0 Å². The molecular formula is C6H7F3. The summed E-state index contributed by atoms with van der Waals surface area (Å²) in [6, 6.07) is 0. The normalized spacial score (nSPS) is 12.4. The summed E-state index contributed by atoms with van der Waals surface area (Å²) in [4.78, 5) is 0. The Hall–Kier alpha value is -0.730. The third kappa shape index (κ3) is 2.95. The summed E-state index contributed by atoms with van der Waals surface area (Å²) in [5.41, 5.74) is -0.815. The molecule has 0 saturated heterocycles. The molecule has 0 aromatic carbocycles. The average molecular weight is 136 g/mol. The minimum absolute atomic E-state index is 0.815. The number of rotatable bonds is 1. The molecule has 0 heterocycles. The van der Waals surface area contributed by atoms with Gasteiger partial charge in [0.2, 0.25) is 0 Å². The van der Waals surface area contributed by atoms with Crippen LogP contribution in [0.5, 0.6) is 0 Å². The molecule has 0 atom stereocenters. The van der Waals surface area contributed by atoms with Crippen LogP contribution >= 0.6 is 0 Å². The molecule has 0 amide bonds. The minimum atomic E-state index is -4.27. The first-order valence-electron chi connectivity index (χ1n) is 2.37. The highest BCUT2D eigenvalue weighted by molar-refractivity contribution is 5.18. The SMILES string of the molecule is C=C(/C=C/C)C(F)(F)F. The fourth-order valence-corrected chi connectivity index (χ4v) is 0.296. The van der Waals surface area contributed by atoms with E-state index in [0.29, 0.717) is 0 Å². The molecule has 0 aromatic heterocycles. The van der Waals surface area contributed by atoms with E-state index >= 15 is 0 Å². The monoisotopic (exact) mass is 136 g/mol. The maximum atomic E-state index is 11.5. The van der Waals surface area contributed by atoms with Crippen LogP contribution in [0, 0.1) is 0 Å². The predicted octanol–water partition coefficient (Wildman–Crippen LogP) is 2.68. The van der Waals surface area contributed by atoms with E-state index in [1.165, 1.54) is 13.0 Å². The van der Waals surface area contributed by atoms with E-state index in [0.717, 1.165) is 6.08 Å². The van der Waals surface area contributed by atoms with Crippen molar-refractivity contribution in [2.45, 2.75) is 13.1 Å². The van der Waals surface area contributed by atoms with Crippen molar-refractivity contribution in [1.29, 1.82) is 0 Å². The summed E-state index contributed by atoms with van der Waals surface area (Å²) < 4.78 is 34.5. The molecule has 0 bridgehead atoms. The van der Waals surface area contributed by atoms with Gasteiger partial charge in [-0.15, -0.1) is 0 Å². The quantitative estimate of drug-likeness (QED) is 0.486. The van der Waals surface area contributed by atoms with Crippen molar-refractivity contribution in [3.63, 3.8) is 0 Å². The van der Waals surface area contributed by atoms with Gasteiger partial charge >= 0.3 is 6.18 Å². The Morgan fingerprint density at radius 1 is 1.44 bits per heavy atom. The molecule has 0 N–H and O–H groups in total. The van der Waals surface area contributed by atoms with Gasteiger partial charge in [0.25, 0.3) is 0 Å². The number of halogens is 3. The molecule has 0 aromatic rings. The maximum Gasteiger partial charge on any atom is 0.415 e. The number of allylic oxidation sites excluding steroid dienone is 3. The molecule has 3 heteroatoms. The van der Waals surface area contributed by atoms with Gasteiger partial charge in [-0.1, -0.05) is 18.7 Å². The van der Waals surface area contributed by atoms with Crippen molar-refractivity contribution in [2.24, 2.45) is 0 Å². The van der Waals surface area contributed by atoms with Gasteiger partial charge in [-0.2, -0.15) is 13.2 Å². The van der Waals surface area contributed by atoms with Crippen molar-refractivity contribution in [2.75, 3.05) is 0 Å². The zero-order chi connectivity index (χ0) is 7.49. The second kappa shape index (κ2) is 2.71. The molecule has 0 saturated carbocycles. The highest BCUT2D eigenvalue weighted by Gasteiger charge is 2.29. The van der Waals surface area contributed by atoms with E-state index < -0.39 is 11.7 Å². The maximum absolute atomic E-state index is 11.5. The van der Waals surface area contributed by atoms with Crippen LogP contribution in [0.4, 0.5) is 13.2 Å². The zero-order valence-corrected chi connectivity index (χ0v) is 5.00. The molecule has 0 aliphatic rings. The Morgan fingerprint density at radius 2 is 1.89 bits per heavy atom. The highest BCUT2D eigenvalue weighted by atomic mass is 19.4. The van der Waals surface area contributed by atoms with Crippen LogP contribution in [0.2, 0.25) is 0 Å². The van der Waals surface area contributed by atoms with Crippen molar-refractivity contribution in [3.8, 4) is 0 Å². The Kier molecular flexibility index (Phi) is 2.49. The summed E-state index contributed by atoms with van der Waals surface area (Å²) >= 11 is 0. The summed E-state index contributed by atoms with van der Waals surface area (Å²) in [6.45, 7) is 4.31. The Bertz CT molecular complexity index is 130. The van der Waals surface area contributed by atoms with Gasteiger partial charge in [-0.05, 0) is 6.92 Å². The fourth-order valence-electron chi connectivity index (χ4n) is 0.296. The molecule has 0 aliphatic heterocycles. The second-order valence-corrected chi connectivity index (χ2v) is 1.52. The number of hydrogen-bond donors (Lipinski definition) is 0. The Morgan fingerprint density at radius 3 is 2.00 bits per heavy atom. The van der Waals surface area contributed by atoms with E-state index in [9.17, 15) is 13.2 Å². The van der Waals surface area contributed by atoms with Crippen LogP contribution in [0.1, 0.15) is 6.92 Å². The van der Waals surface area contributed by atoms with Crippen LogP contribution in [-0.4, -0.2) is 6.18 Å².